The van der Waals surface area contributed by atoms with E-state index in [0.717, 1.165) is 18.2 Å². The van der Waals surface area contributed by atoms with Crippen LogP contribution < -0.4 is 4.74 Å². The van der Waals surface area contributed by atoms with Gasteiger partial charge in [-0.25, -0.2) is 0 Å². The summed E-state index contributed by atoms with van der Waals surface area (Å²) in [5.74, 6) is 0.623. The molecule has 1 aliphatic rings. The molecule has 114 valence electrons. The lowest BCUT2D eigenvalue weighted by molar-refractivity contribution is -0.385. The highest BCUT2D eigenvalue weighted by molar-refractivity contribution is 9.09. The van der Waals surface area contributed by atoms with Crippen LogP contribution in [0.4, 0.5) is 5.69 Å². The molecule has 0 atom stereocenters. The predicted molar refractivity (Wildman–Crippen MR) is 82.1 cm³/mol. The molecule has 0 aromatic heterocycles. The number of amides is 1. The molecule has 1 aliphatic heterocycles. The van der Waals surface area contributed by atoms with Gasteiger partial charge in [-0.1, -0.05) is 15.9 Å². The number of nitro benzene ring substituents is 1. The number of ether oxygens (including phenoxy) is 1. The number of nitro groups is 1. The molecule has 7 heteroatoms. The molecule has 1 saturated heterocycles. The average Bonchev–Trinajstić information content (AvgIpc) is 2.53. The number of hydrogen-bond donors (Lipinski definition) is 0. The molecular formula is C14H17BrN2O4. The first kappa shape index (κ1) is 15.8. The van der Waals surface area contributed by atoms with E-state index >= 15 is 0 Å². The molecule has 0 spiro atoms. The number of hydrogen-bond acceptors (Lipinski definition) is 4. The van der Waals surface area contributed by atoms with Gasteiger partial charge in [0.2, 0.25) is 0 Å². The normalized spacial score (nSPS) is 15.8. The highest BCUT2D eigenvalue weighted by Crippen LogP contribution is 2.28. The third kappa shape index (κ3) is 3.53. The average molecular weight is 357 g/mol. The van der Waals surface area contributed by atoms with Crippen LogP contribution in [0.25, 0.3) is 0 Å². The van der Waals surface area contributed by atoms with Gasteiger partial charge in [0.05, 0.1) is 12.0 Å². The van der Waals surface area contributed by atoms with Crippen molar-refractivity contribution in [2.24, 2.45) is 5.92 Å². The van der Waals surface area contributed by atoms with Crippen LogP contribution in [0.15, 0.2) is 18.2 Å². The van der Waals surface area contributed by atoms with Crippen molar-refractivity contribution in [2.45, 2.75) is 12.8 Å². The number of alkyl halides is 1. The summed E-state index contributed by atoms with van der Waals surface area (Å²) in [5.41, 5.74) is 0.293. The van der Waals surface area contributed by atoms with Crippen molar-refractivity contribution in [3.8, 4) is 5.75 Å². The van der Waals surface area contributed by atoms with Crippen molar-refractivity contribution >= 4 is 27.5 Å². The third-order valence-electron chi connectivity index (χ3n) is 3.74. The molecule has 1 aromatic rings. The van der Waals surface area contributed by atoms with E-state index in [9.17, 15) is 14.9 Å². The molecule has 0 bridgehead atoms. The topological polar surface area (TPSA) is 72.7 Å². The first-order valence-corrected chi connectivity index (χ1v) is 7.86. The largest absolute Gasteiger partial charge is 0.490 e. The molecule has 0 radical (unpaired) electrons. The van der Waals surface area contributed by atoms with E-state index in [0.29, 0.717) is 24.6 Å². The zero-order chi connectivity index (χ0) is 15.4. The Bertz CT molecular complexity index is 542. The molecule has 1 heterocycles. The van der Waals surface area contributed by atoms with Gasteiger partial charge in [-0.15, -0.1) is 0 Å². The maximum atomic E-state index is 12.4. The number of carbonyl (C=O) groups excluding carboxylic acids is 1. The number of piperidine rings is 1. The Morgan fingerprint density at radius 3 is 2.67 bits per heavy atom. The highest BCUT2D eigenvalue weighted by atomic mass is 79.9. The Morgan fingerprint density at radius 1 is 1.48 bits per heavy atom. The highest BCUT2D eigenvalue weighted by Gasteiger charge is 2.25. The Kier molecular flexibility index (Phi) is 5.17. The van der Waals surface area contributed by atoms with Crippen molar-refractivity contribution in [1.29, 1.82) is 0 Å². The van der Waals surface area contributed by atoms with Crippen molar-refractivity contribution < 1.29 is 14.5 Å². The first-order valence-electron chi connectivity index (χ1n) is 6.74. The van der Waals surface area contributed by atoms with Crippen LogP contribution in [0.2, 0.25) is 0 Å². The number of benzene rings is 1. The second-order valence-corrected chi connectivity index (χ2v) is 5.68. The van der Waals surface area contributed by atoms with E-state index in [1.165, 1.54) is 25.3 Å². The molecular weight excluding hydrogens is 340 g/mol. The van der Waals surface area contributed by atoms with Crippen LogP contribution in [-0.2, 0) is 0 Å². The molecule has 1 amide bonds. The van der Waals surface area contributed by atoms with Crippen molar-refractivity contribution in [3.63, 3.8) is 0 Å². The fraction of sp³-hybridized carbons (Fsp3) is 0.500. The third-order valence-corrected chi connectivity index (χ3v) is 4.66. The summed E-state index contributed by atoms with van der Waals surface area (Å²) in [4.78, 5) is 24.6. The standard InChI is InChI=1S/C14H17BrN2O4/c1-21-13-8-11(2-3-12(13)17(19)20)14(18)16-6-4-10(9-15)5-7-16/h2-3,8,10H,4-7,9H2,1H3. The van der Waals surface area contributed by atoms with Gasteiger partial charge in [0, 0.05) is 36.1 Å². The fourth-order valence-corrected chi connectivity index (χ4v) is 3.08. The number of likely N-dealkylation sites (tertiary alicyclic amines) is 1. The SMILES string of the molecule is COc1cc(C(=O)N2CCC(CBr)CC2)ccc1[N+](=O)[O-]. The summed E-state index contributed by atoms with van der Waals surface area (Å²) in [6.07, 6.45) is 1.95. The number of methoxy groups -OCH3 is 1. The van der Waals surface area contributed by atoms with Gasteiger partial charge in [0.15, 0.2) is 5.75 Å². The van der Waals surface area contributed by atoms with Gasteiger partial charge >= 0.3 is 5.69 Å². The van der Waals surface area contributed by atoms with Crippen molar-refractivity contribution in [3.05, 3.63) is 33.9 Å². The maximum absolute atomic E-state index is 12.4. The Hall–Kier alpha value is -1.63. The molecule has 0 N–H and O–H groups in total. The summed E-state index contributed by atoms with van der Waals surface area (Å²) < 4.78 is 5.00. The Balaban J connectivity index is 2.15. The van der Waals surface area contributed by atoms with Crippen LogP contribution in [-0.4, -0.2) is 41.3 Å². The predicted octanol–water partition coefficient (Wildman–Crippen LogP) is 2.85. The molecule has 0 unspecified atom stereocenters. The van der Waals surface area contributed by atoms with Crippen LogP contribution in [0, 0.1) is 16.0 Å². The van der Waals surface area contributed by atoms with E-state index in [2.05, 4.69) is 15.9 Å². The molecule has 0 aliphatic carbocycles. The quantitative estimate of drug-likeness (QED) is 0.472. The second kappa shape index (κ2) is 6.89. The minimum absolute atomic E-state index is 0.101. The molecule has 1 fully saturated rings. The van der Waals surface area contributed by atoms with E-state index in [4.69, 9.17) is 4.74 Å². The van der Waals surface area contributed by atoms with E-state index < -0.39 is 4.92 Å². The number of carbonyl (C=O) groups is 1. The van der Waals surface area contributed by atoms with Gasteiger partial charge < -0.3 is 9.64 Å². The van der Waals surface area contributed by atoms with Crippen LogP contribution in [0.1, 0.15) is 23.2 Å². The number of rotatable bonds is 4. The van der Waals surface area contributed by atoms with Crippen molar-refractivity contribution in [1.82, 2.24) is 4.90 Å². The molecule has 2 rings (SSSR count). The van der Waals surface area contributed by atoms with Crippen molar-refractivity contribution in [2.75, 3.05) is 25.5 Å². The molecule has 21 heavy (non-hydrogen) atoms. The lowest BCUT2D eigenvalue weighted by Gasteiger charge is -2.31. The van der Waals surface area contributed by atoms with E-state index in [1.807, 2.05) is 0 Å². The summed E-state index contributed by atoms with van der Waals surface area (Å²) in [5, 5.41) is 11.8. The van der Waals surface area contributed by atoms with Gasteiger partial charge in [-0.2, -0.15) is 0 Å². The smallest absolute Gasteiger partial charge is 0.310 e. The van der Waals surface area contributed by atoms with Gasteiger partial charge in [-0.05, 0) is 24.8 Å². The maximum Gasteiger partial charge on any atom is 0.310 e. The minimum Gasteiger partial charge on any atom is -0.490 e. The van der Waals surface area contributed by atoms with E-state index in [1.54, 1.807) is 4.90 Å². The second-order valence-electron chi connectivity index (χ2n) is 5.03. The van der Waals surface area contributed by atoms with Gasteiger partial charge in [-0.3, -0.25) is 14.9 Å². The Labute approximate surface area is 131 Å². The number of halogens is 1. The first-order chi connectivity index (χ1) is 10.1. The zero-order valence-corrected chi connectivity index (χ0v) is 13.3. The summed E-state index contributed by atoms with van der Waals surface area (Å²) >= 11 is 3.47. The molecule has 0 saturated carbocycles. The molecule has 6 nitrogen and oxygen atoms in total. The molecule has 1 aromatic carbocycles. The fourth-order valence-electron chi connectivity index (χ4n) is 2.43. The minimum atomic E-state index is -0.519. The van der Waals surface area contributed by atoms with Gasteiger partial charge in [0.1, 0.15) is 0 Å². The zero-order valence-electron chi connectivity index (χ0n) is 11.8. The Morgan fingerprint density at radius 2 is 2.14 bits per heavy atom. The summed E-state index contributed by atoms with van der Waals surface area (Å²) in [6.45, 7) is 1.43. The summed E-state index contributed by atoms with van der Waals surface area (Å²) in [7, 11) is 1.36. The lowest BCUT2D eigenvalue weighted by atomic mass is 9.98. The number of nitrogens with zero attached hydrogens (tertiary/aromatic N) is 2. The van der Waals surface area contributed by atoms with E-state index in [-0.39, 0.29) is 17.3 Å². The summed E-state index contributed by atoms with van der Waals surface area (Å²) in [6, 6.07) is 4.24. The van der Waals surface area contributed by atoms with Gasteiger partial charge in [0.25, 0.3) is 5.91 Å². The monoisotopic (exact) mass is 356 g/mol. The van der Waals surface area contributed by atoms with Crippen LogP contribution >= 0.6 is 15.9 Å². The van der Waals surface area contributed by atoms with Crippen LogP contribution in [0.3, 0.4) is 0 Å². The van der Waals surface area contributed by atoms with Crippen LogP contribution in [0.5, 0.6) is 5.75 Å². The lowest BCUT2D eigenvalue weighted by Crippen LogP contribution is -2.38.